The summed E-state index contributed by atoms with van der Waals surface area (Å²) in [6, 6.07) is 14.4. The third-order valence-corrected chi connectivity index (χ3v) is 5.33. The van der Waals surface area contributed by atoms with Crippen LogP contribution in [0.4, 0.5) is 0 Å². The lowest BCUT2D eigenvalue weighted by atomic mass is 10.2. The third kappa shape index (κ3) is 3.51. The van der Waals surface area contributed by atoms with E-state index in [2.05, 4.69) is 9.97 Å². The number of hydrogen-bond donors (Lipinski definition) is 0. The molecule has 0 fully saturated rings. The quantitative estimate of drug-likeness (QED) is 0.465. The number of nitrogens with zero attached hydrogens (tertiary/aromatic N) is 2. The summed E-state index contributed by atoms with van der Waals surface area (Å²) in [7, 11) is -4.05. The Bertz CT molecular complexity index is 1200. The number of pyridine rings is 1. The summed E-state index contributed by atoms with van der Waals surface area (Å²) in [6.45, 7) is 1.87. The maximum Gasteiger partial charge on any atom is 0.339 e. The van der Waals surface area contributed by atoms with E-state index in [0.717, 1.165) is 5.56 Å². The normalized spacial score (nSPS) is 11.6. The molecule has 4 aromatic rings. The summed E-state index contributed by atoms with van der Waals surface area (Å²) in [6.07, 6.45) is 1.59. The SMILES string of the molecule is Cc1ccc(S(=O)(=O)Oc2cc(Cl)ccc2-c2nc3ncccc3o2)cc1. The molecule has 0 unspecified atom stereocenters. The molecule has 0 N–H and O–H groups in total. The zero-order valence-corrected chi connectivity index (χ0v) is 15.7. The molecule has 2 aromatic heterocycles. The Kier molecular flexibility index (Phi) is 4.33. The molecule has 0 bridgehead atoms. The van der Waals surface area contributed by atoms with E-state index in [1.165, 1.54) is 18.2 Å². The average molecular weight is 401 g/mol. The Morgan fingerprint density at radius 1 is 1.07 bits per heavy atom. The van der Waals surface area contributed by atoms with E-state index in [4.69, 9.17) is 20.2 Å². The van der Waals surface area contributed by atoms with Gasteiger partial charge in [0, 0.05) is 17.3 Å². The van der Waals surface area contributed by atoms with Crippen molar-refractivity contribution in [2.75, 3.05) is 0 Å². The van der Waals surface area contributed by atoms with Crippen LogP contribution in [0.1, 0.15) is 5.56 Å². The zero-order chi connectivity index (χ0) is 19.0. The molecule has 0 aliphatic heterocycles. The average Bonchev–Trinajstić information content (AvgIpc) is 3.05. The van der Waals surface area contributed by atoms with Gasteiger partial charge in [-0.1, -0.05) is 29.3 Å². The molecule has 0 atom stereocenters. The van der Waals surface area contributed by atoms with E-state index in [1.807, 2.05) is 6.92 Å². The summed E-state index contributed by atoms with van der Waals surface area (Å²) in [4.78, 5) is 8.45. The summed E-state index contributed by atoms with van der Waals surface area (Å²) in [5.41, 5.74) is 2.19. The summed E-state index contributed by atoms with van der Waals surface area (Å²) in [5, 5.41) is 0.321. The van der Waals surface area contributed by atoms with Crippen LogP contribution in [0.25, 0.3) is 22.7 Å². The Labute approximate surface area is 160 Å². The molecule has 0 radical (unpaired) electrons. The maximum absolute atomic E-state index is 12.7. The minimum atomic E-state index is -4.05. The lowest BCUT2D eigenvalue weighted by molar-refractivity contribution is 0.485. The van der Waals surface area contributed by atoms with E-state index in [1.54, 1.807) is 42.6 Å². The van der Waals surface area contributed by atoms with Gasteiger partial charge in [-0.2, -0.15) is 13.4 Å². The van der Waals surface area contributed by atoms with E-state index in [-0.39, 0.29) is 16.5 Å². The van der Waals surface area contributed by atoms with Crippen LogP contribution in [-0.4, -0.2) is 18.4 Å². The van der Waals surface area contributed by atoms with Crippen LogP contribution < -0.4 is 4.18 Å². The van der Waals surface area contributed by atoms with Gasteiger partial charge in [-0.3, -0.25) is 0 Å². The molecule has 4 rings (SSSR count). The molecular formula is C19H13ClN2O4S. The number of hydrogen-bond acceptors (Lipinski definition) is 6. The van der Waals surface area contributed by atoms with E-state index in [9.17, 15) is 8.42 Å². The molecule has 6 nitrogen and oxygen atoms in total. The number of aromatic nitrogens is 2. The second kappa shape index (κ2) is 6.68. The zero-order valence-electron chi connectivity index (χ0n) is 14.1. The molecule has 2 heterocycles. The van der Waals surface area contributed by atoms with E-state index in [0.29, 0.717) is 21.8 Å². The highest BCUT2D eigenvalue weighted by atomic mass is 35.5. The highest BCUT2D eigenvalue weighted by Crippen LogP contribution is 2.35. The number of oxazole rings is 1. The lowest BCUT2D eigenvalue weighted by Crippen LogP contribution is -2.10. The van der Waals surface area contributed by atoms with Crippen LogP contribution in [-0.2, 0) is 10.1 Å². The lowest BCUT2D eigenvalue weighted by Gasteiger charge is -2.10. The van der Waals surface area contributed by atoms with Gasteiger partial charge in [-0.15, -0.1) is 0 Å². The van der Waals surface area contributed by atoms with Crippen LogP contribution in [0.2, 0.25) is 5.02 Å². The van der Waals surface area contributed by atoms with Crippen LogP contribution in [0.5, 0.6) is 5.75 Å². The molecule has 8 heteroatoms. The van der Waals surface area contributed by atoms with Crippen LogP contribution in [0, 0.1) is 6.92 Å². The predicted molar refractivity (Wildman–Crippen MR) is 101 cm³/mol. The topological polar surface area (TPSA) is 82.3 Å². The van der Waals surface area contributed by atoms with Gasteiger partial charge in [-0.05, 0) is 43.3 Å². The van der Waals surface area contributed by atoms with Crippen molar-refractivity contribution >= 4 is 32.9 Å². The minimum absolute atomic E-state index is 0.0228. The second-order valence-electron chi connectivity index (χ2n) is 5.84. The fraction of sp³-hybridized carbons (Fsp3) is 0.0526. The van der Waals surface area contributed by atoms with Gasteiger partial charge in [0.1, 0.15) is 4.90 Å². The van der Waals surface area contributed by atoms with Gasteiger partial charge in [0.25, 0.3) is 0 Å². The van der Waals surface area contributed by atoms with Crippen molar-refractivity contribution in [1.82, 2.24) is 9.97 Å². The Balaban J connectivity index is 1.78. The van der Waals surface area contributed by atoms with Crippen molar-refractivity contribution in [3.63, 3.8) is 0 Å². The van der Waals surface area contributed by atoms with Crippen molar-refractivity contribution in [3.8, 4) is 17.2 Å². The summed E-state index contributed by atoms with van der Waals surface area (Å²) >= 11 is 6.04. The Morgan fingerprint density at radius 2 is 1.85 bits per heavy atom. The van der Waals surface area contributed by atoms with E-state index < -0.39 is 10.1 Å². The van der Waals surface area contributed by atoms with Gasteiger partial charge in [0.2, 0.25) is 5.89 Å². The van der Waals surface area contributed by atoms with Gasteiger partial charge in [-0.25, -0.2) is 4.98 Å². The van der Waals surface area contributed by atoms with Crippen molar-refractivity contribution in [2.45, 2.75) is 11.8 Å². The number of benzene rings is 2. The van der Waals surface area contributed by atoms with Crippen LogP contribution in [0.15, 0.2) is 70.1 Å². The van der Waals surface area contributed by atoms with Crippen LogP contribution in [0.3, 0.4) is 0 Å². The Hall–Kier alpha value is -2.90. The third-order valence-electron chi connectivity index (χ3n) is 3.85. The fourth-order valence-electron chi connectivity index (χ4n) is 2.50. The monoisotopic (exact) mass is 400 g/mol. The van der Waals surface area contributed by atoms with Gasteiger partial charge < -0.3 is 8.60 Å². The highest BCUT2D eigenvalue weighted by molar-refractivity contribution is 7.87. The molecule has 0 spiro atoms. The molecular weight excluding hydrogens is 388 g/mol. The second-order valence-corrected chi connectivity index (χ2v) is 7.82. The van der Waals surface area contributed by atoms with Gasteiger partial charge in [0.05, 0.1) is 5.56 Å². The Morgan fingerprint density at radius 3 is 2.59 bits per heavy atom. The predicted octanol–water partition coefficient (Wildman–Crippen LogP) is 4.62. The van der Waals surface area contributed by atoms with Gasteiger partial charge in [0.15, 0.2) is 17.0 Å². The van der Waals surface area contributed by atoms with Gasteiger partial charge >= 0.3 is 10.1 Å². The smallest absolute Gasteiger partial charge is 0.339 e. The fourth-order valence-corrected chi connectivity index (χ4v) is 3.60. The van der Waals surface area contributed by atoms with Crippen molar-refractivity contribution in [1.29, 1.82) is 0 Å². The molecule has 0 aliphatic rings. The number of aryl methyl sites for hydroxylation is 1. The standard InChI is InChI=1S/C19H13ClN2O4S/c1-12-4-7-14(8-5-12)27(23,24)26-17-11-13(20)6-9-15(17)19-22-18-16(25-19)3-2-10-21-18/h2-11H,1H3. The molecule has 2 aromatic carbocycles. The summed E-state index contributed by atoms with van der Waals surface area (Å²) in [5.74, 6) is 0.212. The maximum atomic E-state index is 12.7. The number of halogens is 1. The van der Waals surface area contributed by atoms with Crippen LogP contribution >= 0.6 is 11.6 Å². The molecule has 0 amide bonds. The molecule has 27 heavy (non-hydrogen) atoms. The first-order chi connectivity index (χ1) is 12.9. The number of fused-ring (bicyclic) bond motifs is 1. The molecule has 0 saturated heterocycles. The van der Waals surface area contributed by atoms with Crippen molar-refractivity contribution < 1.29 is 17.0 Å². The number of rotatable bonds is 4. The largest absolute Gasteiger partial charge is 0.434 e. The first-order valence-corrected chi connectivity index (χ1v) is 9.74. The van der Waals surface area contributed by atoms with E-state index >= 15 is 0 Å². The molecule has 0 saturated carbocycles. The highest BCUT2D eigenvalue weighted by Gasteiger charge is 2.22. The first-order valence-electron chi connectivity index (χ1n) is 7.95. The first kappa shape index (κ1) is 17.5. The minimum Gasteiger partial charge on any atom is -0.434 e. The molecule has 0 aliphatic carbocycles. The van der Waals surface area contributed by atoms with Crippen molar-refractivity contribution in [2.24, 2.45) is 0 Å². The summed E-state index contributed by atoms with van der Waals surface area (Å²) < 4.78 is 36.3. The van der Waals surface area contributed by atoms with Crippen molar-refractivity contribution in [3.05, 3.63) is 71.4 Å². The molecule has 136 valence electrons.